The highest BCUT2D eigenvalue weighted by atomic mass is 32.2. The van der Waals surface area contributed by atoms with E-state index in [1.165, 1.54) is 41.2 Å². The largest absolute Gasteiger partial charge is 0.381 e. The van der Waals surface area contributed by atoms with Crippen molar-refractivity contribution in [2.45, 2.75) is 32.7 Å². The molecule has 1 nitrogen and oxygen atoms in total. The van der Waals surface area contributed by atoms with Crippen molar-refractivity contribution in [3.63, 3.8) is 0 Å². The zero-order chi connectivity index (χ0) is 10.7. The summed E-state index contributed by atoms with van der Waals surface area (Å²) in [7, 11) is 0. The maximum Gasteiger partial charge on any atom is 0.0372 e. The van der Waals surface area contributed by atoms with Crippen LogP contribution in [0.4, 0.5) is 5.69 Å². The molecule has 2 heteroatoms. The molecule has 0 aromatic heterocycles. The van der Waals surface area contributed by atoms with Crippen molar-refractivity contribution in [2.75, 3.05) is 16.8 Å². The minimum atomic E-state index is 0.671. The monoisotopic (exact) mass is 221 g/mol. The average Bonchev–Trinajstić information content (AvgIpc) is 2.24. The van der Waals surface area contributed by atoms with Crippen LogP contribution in [0.2, 0.25) is 0 Å². The van der Waals surface area contributed by atoms with Gasteiger partial charge in [-0.15, -0.1) is 0 Å². The molecule has 1 atom stereocenters. The Morgan fingerprint density at radius 3 is 2.87 bits per heavy atom. The van der Waals surface area contributed by atoms with Crippen LogP contribution in [0.25, 0.3) is 0 Å². The second kappa shape index (κ2) is 4.93. The smallest absolute Gasteiger partial charge is 0.0372 e. The summed E-state index contributed by atoms with van der Waals surface area (Å²) in [5.74, 6) is 2.60. The third-order valence-electron chi connectivity index (χ3n) is 2.90. The molecule has 1 heterocycles. The van der Waals surface area contributed by atoms with Crippen LogP contribution in [0.1, 0.15) is 24.0 Å². The molecule has 2 rings (SSSR count). The minimum absolute atomic E-state index is 0.671. The van der Waals surface area contributed by atoms with Gasteiger partial charge in [0, 0.05) is 17.5 Å². The van der Waals surface area contributed by atoms with Gasteiger partial charge in [0.2, 0.25) is 0 Å². The second-order valence-electron chi connectivity index (χ2n) is 4.38. The molecule has 1 saturated heterocycles. The highest BCUT2D eigenvalue weighted by molar-refractivity contribution is 7.99. The first-order chi connectivity index (χ1) is 7.25. The van der Waals surface area contributed by atoms with Crippen LogP contribution in [0.5, 0.6) is 0 Å². The first-order valence-corrected chi connectivity index (χ1v) is 6.83. The lowest BCUT2D eigenvalue weighted by Crippen LogP contribution is -2.26. The molecule has 1 unspecified atom stereocenters. The Bertz CT molecular complexity index is 329. The van der Waals surface area contributed by atoms with E-state index >= 15 is 0 Å². The number of hydrogen-bond donors (Lipinski definition) is 1. The van der Waals surface area contributed by atoms with Crippen LogP contribution >= 0.6 is 11.8 Å². The van der Waals surface area contributed by atoms with Gasteiger partial charge in [-0.25, -0.2) is 0 Å². The summed E-state index contributed by atoms with van der Waals surface area (Å²) in [6.07, 6.45) is 2.67. The van der Waals surface area contributed by atoms with Crippen LogP contribution in [-0.2, 0) is 0 Å². The Kier molecular flexibility index (Phi) is 3.57. The molecule has 0 radical (unpaired) electrons. The summed E-state index contributed by atoms with van der Waals surface area (Å²) < 4.78 is 0. The molecule has 0 spiro atoms. The van der Waals surface area contributed by atoms with Gasteiger partial charge in [-0.1, -0.05) is 17.7 Å². The molecular weight excluding hydrogens is 202 g/mol. The number of rotatable bonds is 2. The van der Waals surface area contributed by atoms with Crippen LogP contribution < -0.4 is 5.32 Å². The van der Waals surface area contributed by atoms with Crippen molar-refractivity contribution in [3.8, 4) is 0 Å². The average molecular weight is 221 g/mol. The fourth-order valence-electron chi connectivity index (χ4n) is 2.05. The van der Waals surface area contributed by atoms with Gasteiger partial charge in [-0.3, -0.25) is 0 Å². The number of aryl methyl sites for hydroxylation is 2. The van der Waals surface area contributed by atoms with E-state index in [-0.39, 0.29) is 0 Å². The molecule has 1 aliphatic heterocycles. The van der Waals surface area contributed by atoms with Crippen LogP contribution in [0.3, 0.4) is 0 Å². The first-order valence-electron chi connectivity index (χ1n) is 5.67. The Morgan fingerprint density at radius 2 is 2.20 bits per heavy atom. The Labute approximate surface area is 96.7 Å². The van der Waals surface area contributed by atoms with Crippen LogP contribution in [-0.4, -0.2) is 17.5 Å². The van der Waals surface area contributed by atoms with Crippen molar-refractivity contribution in [2.24, 2.45) is 0 Å². The van der Waals surface area contributed by atoms with E-state index < -0.39 is 0 Å². The maximum absolute atomic E-state index is 3.66. The molecule has 1 aliphatic rings. The third kappa shape index (κ3) is 2.91. The maximum atomic E-state index is 3.66. The Hall–Kier alpha value is -0.630. The van der Waals surface area contributed by atoms with Crippen molar-refractivity contribution in [1.82, 2.24) is 0 Å². The van der Waals surface area contributed by atoms with Crippen molar-refractivity contribution >= 4 is 17.4 Å². The van der Waals surface area contributed by atoms with Gasteiger partial charge in [-0.2, -0.15) is 11.8 Å². The van der Waals surface area contributed by atoms with E-state index in [1.807, 2.05) is 0 Å². The summed E-state index contributed by atoms with van der Waals surface area (Å²) in [4.78, 5) is 0. The van der Waals surface area contributed by atoms with Gasteiger partial charge in [-0.05, 0) is 44.1 Å². The highest BCUT2D eigenvalue weighted by Gasteiger charge is 2.13. The van der Waals surface area contributed by atoms with E-state index in [2.05, 4.69) is 49.1 Å². The SMILES string of the molecule is Cc1ccc(NC2CCCSC2)c(C)c1. The normalized spacial score (nSPS) is 21.3. The lowest BCUT2D eigenvalue weighted by atomic mass is 10.1. The van der Waals surface area contributed by atoms with Gasteiger partial charge in [0.1, 0.15) is 0 Å². The Balaban J connectivity index is 2.03. The van der Waals surface area contributed by atoms with Crippen molar-refractivity contribution in [1.29, 1.82) is 0 Å². The summed E-state index contributed by atoms with van der Waals surface area (Å²) in [5, 5.41) is 3.66. The predicted molar refractivity (Wildman–Crippen MR) is 69.9 cm³/mol. The number of benzene rings is 1. The number of thioether (sulfide) groups is 1. The molecule has 0 aliphatic carbocycles. The van der Waals surface area contributed by atoms with E-state index in [4.69, 9.17) is 0 Å². The standard InChI is InChI=1S/C13H19NS/c1-10-5-6-13(11(2)8-10)14-12-4-3-7-15-9-12/h5-6,8,12,14H,3-4,7,9H2,1-2H3. The molecule has 0 amide bonds. The summed E-state index contributed by atoms with van der Waals surface area (Å²) >= 11 is 2.07. The molecule has 1 N–H and O–H groups in total. The highest BCUT2D eigenvalue weighted by Crippen LogP contribution is 2.23. The molecule has 15 heavy (non-hydrogen) atoms. The minimum Gasteiger partial charge on any atom is -0.381 e. The van der Waals surface area contributed by atoms with Crippen LogP contribution in [0, 0.1) is 13.8 Å². The zero-order valence-corrected chi connectivity index (χ0v) is 10.4. The molecule has 1 aromatic carbocycles. The van der Waals surface area contributed by atoms with E-state index in [0.717, 1.165) is 0 Å². The topological polar surface area (TPSA) is 12.0 Å². The summed E-state index contributed by atoms with van der Waals surface area (Å²) in [6.45, 7) is 4.33. The fourth-order valence-corrected chi connectivity index (χ4v) is 3.12. The van der Waals surface area contributed by atoms with Gasteiger partial charge < -0.3 is 5.32 Å². The summed E-state index contributed by atoms with van der Waals surface area (Å²) in [6, 6.07) is 7.32. The third-order valence-corrected chi connectivity index (χ3v) is 4.12. The summed E-state index contributed by atoms with van der Waals surface area (Å²) in [5.41, 5.74) is 4.02. The van der Waals surface area contributed by atoms with E-state index in [0.29, 0.717) is 6.04 Å². The predicted octanol–water partition coefficient (Wildman–Crippen LogP) is 3.61. The lowest BCUT2D eigenvalue weighted by Gasteiger charge is -2.24. The molecule has 82 valence electrons. The Morgan fingerprint density at radius 1 is 1.33 bits per heavy atom. The van der Waals surface area contributed by atoms with Gasteiger partial charge in [0.15, 0.2) is 0 Å². The first kappa shape index (κ1) is 10.9. The van der Waals surface area contributed by atoms with Crippen molar-refractivity contribution < 1.29 is 0 Å². The molecule has 0 saturated carbocycles. The van der Waals surface area contributed by atoms with E-state index in [9.17, 15) is 0 Å². The van der Waals surface area contributed by atoms with Crippen molar-refractivity contribution in [3.05, 3.63) is 29.3 Å². The number of nitrogens with one attached hydrogen (secondary N) is 1. The van der Waals surface area contributed by atoms with Gasteiger partial charge in [0.05, 0.1) is 0 Å². The fraction of sp³-hybridized carbons (Fsp3) is 0.538. The number of hydrogen-bond acceptors (Lipinski definition) is 2. The van der Waals surface area contributed by atoms with Gasteiger partial charge >= 0.3 is 0 Å². The molecule has 0 bridgehead atoms. The van der Waals surface area contributed by atoms with Gasteiger partial charge in [0.25, 0.3) is 0 Å². The lowest BCUT2D eigenvalue weighted by molar-refractivity contribution is 0.684. The van der Waals surface area contributed by atoms with E-state index in [1.54, 1.807) is 0 Å². The zero-order valence-electron chi connectivity index (χ0n) is 9.55. The quantitative estimate of drug-likeness (QED) is 0.818. The molecular formula is C13H19NS. The molecule has 1 aromatic rings. The van der Waals surface area contributed by atoms with Crippen LogP contribution in [0.15, 0.2) is 18.2 Å². The number of anilines is 1. The second-order valence-corrected chi connectivity index (χ2v) is 5.53. The molecule has 1 fully saturated rings.